The fraction of sp³-hybridized carbons (Fsp3) is 0.211. The summed E-state index contributed by atoms with van der Waals surface area (Å²) in [4.78, 5) is 12.5. The van der Waals surface area contributed by atoms with Gasteiger partial charge in [0.2, 0.25) is 5.89 Å². The summed E-state index contributed by atoms with van der Waals surface area (Å²) in [6.45, 7) is 1.91. The number of aryl methyl sites for hydroxylation is 1. The van der Waals surface area contributed by atoms with E-state index >= 15 is 0 Å². The standard InChI is InChI=1S/C19H16F3N3O2S/c1-2-6-12-9-14(11-15(10-12)28-19(20,21)22)16(26)23-18-25-24-17(27-18)13-7-4-3-5-8-13/h3-5,7-11H,2,6H2,1H3,(H,23,25,26). The molecular formula is C19H16F3N3O2S. The summed E-state index contributed by atoms with van der Waals surface area (Å²) in [7, 11) is 0. The molecule has 9 heteroatoms. The van der Waals surface area contributed by atoms with Crippen molar-refractivity contribution in [2.75, 3.05) is 5.32 Å². The number of halogens is 3. The van der Waals surface area contributed by atoms with Crippen LogP contribution in [0.3, 0.4) is 0 Å². The second-order valence-corrected chi connectivity index (χ2v) is 7.03. The van der Waals surface area contributed by atoms with Crippen LogP contribution >= 0.6 is 11.8 Å². The molecule has 0 aliphatic rings. The first kappa shape index (κ1) is 19.9. The van der Waals surface area contributed by atoms with Gasteiger partial charge in [0, 0.05) is 16.0 Å². The normalized spacial score (nSPS) is 11.4. The fourth-order valence-corrected chi connectivity index (χ4v) is 3.22. The number of hydrogen-bond donors (Lipinski definition) is 1. The van der Waals surface area contributed by atoms with E-state index < -0.39 is 11.4 Å². The second kappa shape index (κ2) is 8.47. The van der Waals surface area contributed by atoms with Gasteiger partial charge in [0.15, 0.2) is 0 Å². The van der Waals surface area contributed by atoms with Crippen molar-refractivity contribution in [3.8, 4) is 11.5 Å². The van der Waals surface area contributed by atoms with Crippen LogP contribution in [0.4, 0.5) is 19.2 Å². The third kappa shape index (κ3) is 5.35. The van der Waals surface area contributed by atoms with Crippen LogP contribution < -0.4 is 5.32 Å². The van der Waals surface area contributed by atoms with Crippen LogP contribution in [0.15, 0.2) is 57.8 Å². The van der Waals surface area contributed by atoms with Gasteiger partial charge >= 0.3 is 11.5 Å². The number of rotatable bonds is 6. The van der Waals surface area contributed by atoms with Crippen molar-refractivity contribution in [2.45, 2.75) is 30.2 Å². The summed E-state index contributed by atoms with van der Waals surface area (Å²) in [6, 6.07) is 13.1. The minimum absolute atomic E-state index is 0.0425. The Labute approximate surface area is 163 Å². The topological polar surface area (TPSA) is 68.0 Å². The summed E-state index contributed by atoms with van der Waals surface area (Å²) in [5, 5.41) is 10.1. The van der Waals surface area contributed by atoms with Crippen molar-refractivity contribution in [3.63, 3.8) is 0 Å². The van der Waals surface area contributed by atoms with E-state index in [-0.39, 0.29) is 34.1 Å². The van der Waals surface area contributed by atoms with E-state index in [1.807, 2.05) is 13.0 Å². The summed E-state index contributed by atoms with van der Waals surface area (Å²) in [5.41, 5.74) is -3.01. The number of nitrogens with one attached hydrogen (secondary N) is 1. The molecule has 0 atom stereocenters. The van der Waals surface area contributed by atoms with Gasteiger partial charge in [0.25, 0.3) is 5.91 Å². The maximum atomic E-state index is 12.7. The Balaban J connectivity index is 1.81. The Hall–Kier alpha value is -2.81. The van der Waals surface area contributed by atoms with E-state index in [2.05, 4.69) is 15.5 Å². The number of anilines is 1. The minimum Gasteiger partial charge on any atom is -0.403 e. The molecule has 0 aliphatic carbocycles. The van der Waals surface area contributed by atoms with Crippen molar-refractivity contribution in [1.29, 1.82) is 0 Å². The van der Waals surface area contributed by atoms with Crippen molar-refractivity contribution < 1.29 is 22.4 Å². The molecule has 0 unspecified atom stereocenters. The Bertz CT molecular complexity index is 959. The number of amides is 1. The molecule has 0 fully saturated rings. The molecule has 1 aromatic heterocycles. The van der Waals surface area contributed by atoms with Crippen LogP contribution in [0.1, 0.15) is 29.3 Å². The zero-order chi connectivity index (χ0) is 20.1. The van der Waals surface area contributed by atoms with Crippen LogP contribution in [0.5, 0.6) is 0 Å². The Morgan fingerprint density at radius 1 is 1.14 bits per heavy atom. The third-order valence-corrected chi connectivity index (χ3v) is 4.37. The second-order valence-electron chi connectivity index (χ2n) is 5.90. The number of carbonyl (C=O) groups is 1. The summed E-state index contributed by atoms with van der Waals surface area (Å²) < 4.78 is 43.6. The number of alkyl halides is 3. The molecular weight excluding hydrogens is 391 g/mol. The van der Waals surface area contributed by atoms with E-state index in [0.29, 0.717) is 17.5 Å². The van der Waals surface area contributed by atoms with Crippen LogP contribution in [0.25, 0.3) is 11.5 Å². The molecule has 0 saturated carbocycles. The van der Waals surface area contributed by atoms with Gasteiger partial charge in [-0.25, -0.2) is 0 Å². The van der Waals surface area contributed by atoms with Gasteiger partial charge in [-0.1, -0.05) is 36.6 Å². The van der Waals surface area contributed by atoms with E-state index in [9.17, 15) is 18.0 Å². The first-order chi connectivity index (χ1) is 13.3. The number of thioether (sulfide) groups is 1. The van der Waals surface area contributed by atoms with Gasteiger partial charge in [-0.05, 0) is 54.1 Å². The lowest BCUT2D eigenvalue weighted by Crippen LogP contribution is -2.13. The monoisotopic (exact) mass is 407 g/mol. The van der Waals surface area contributed by atoms with E-state index in [1.54, 1.807) is 30.3 Å². The summed E-state index contributed by atoms with van der Waals surface area (Å²) >= 11 is -0.251. The molecule has 0 spiro atoms. The van der Waals surface area contributed by atoms with Gasteiger partial charge < -0.3 is 4.42 Å². The van der Waals surface area contributed by atoms with Gasteiger partial charge in [0.05, 0.1) is 0 Å². The molecule has 1 N–H and O–H groups in total. The lowest BCUT2D eigenvalue weighted by molar-refractivity contribution is -0.0328. The number of benzene rings is 2. The highest BCUT2D eigenvalue weighted by molar-refractivity contribution is 8.00. The molecule has 0 aliphatic heterocycles. The maximum Gasteiger partial charge on any atom is 0.446 e. The first-order valence-corrected chi connectivity index (χ1v) is 9.25. The quantitative estimate of drug-likeness (QED) is 0.543. The van der Waals surface area contributed by atoms with Gasteiger partial charge in [-0.15, -0.1) is 5.10 Å². The third-order valence-electron chi connectivity index (χ3n) is 3.67. The van der Waals surface area contributed by atoms with Crippen LogP contribution in [0, 0.1) is 0 Å². The predicted octanol–water partition coefficient (Wildman–Crippen LogP) is 5.55. The number of nitrogens with zero attached hydrogens (tertiary/aromatic N) is 2. The molecule has 0 radical (unpaired) electrons. The summed E-state index contributed by atoms with van der Waals surface area (Å²) in [5.74, 6) is -0.394. The number of hydrogen-bond acceptors (Lipinski definition) is 5. The highest BCUT2D eigenvalue weighted by atomic mass is 32.2. The number of aromatic nitrogens is 2. The number of carbonyl (C=O) groups excluding carboxylic acids is 1. The van der Waals surface area contributed by atoms with Crippen LogP contribution in [-0.4, -0.2) is 21.6 Å². The van der Waals surface area contributed by atoms with Gasteiger partial charge in [-0.3, -0.25) is 10.1 Å². The van der Waals surface area contributed by atoms with E-state index in [4.69, 9.17) is 4.42 Å². The van der Waals surface area contributed by atoms with Crippen LogP contribution in [0.2, 0.25) is 0 Å². The first-order valence-electron chi connectivity index (χ1n) is 8.44. The lowest BCUT2D eigenvalue weighted by atomic mass is 10.1. The van der Waals surface area contributed by atoms with Gasteiger partial charge in [0.1, 0.15) is 0 Å². The largest absolute Gasteiger partial charge is 0.446 e. The highest BCUT2D eigenvalue weighted by Gasteiger charge is 2.29. The molecule has 28 heavy (non-hydrogen) atoms. The minimum atomic E-state index is -4.43. The van der Waals surface area contributed by atoms with Crippen molar-refractivity contribution in [3.05, 3.63) is 59.7 Å². The molecule has 3 aromatic rings. The SMILES string of the molecule is CCCc1cc(SC(F)(F)F)cc(C(=O)Nc2nnc(-c3ccccc3)o2)c1. The van der Waals surface area contributed by atoms with Crippen molar-refractivity contribution in [1.82, 2.24) is 10.2 Å². The maximum absolute atomic E-state index is 12.7. The van der Waals surface area contributed by atoms with E-state index in [0.717, 1.165) is 6.42 Å². The van der Waals surface area contributed by atoms with Crippen molar-refractivity contribution >= 4 is 23.7 Å². The lowest BCUT2D eigenvalue weighted by Gasteiger charge is -2.10. The summed E-state index contributed by atoms with van der Waals surface area (Å²) in [6.07, 6.45) is 1.30. The van der Waals surface area contributed by atoms with Crippen LogP contribution in [-0.2, 0) is 6.42 Å². The molecule has 0 bridgehead atoms. The zero-order valence-electron chi connectivity index (χ0n) is 14.8. The molecule has 3 rings (SSSR count). The molecule has 146 valence electrons. The molecule has 1 heterocycles. The Morgan fingerprint density at radius 3 is 2.57 bits per heavy atom. The van der Waals surface area contributed by atoms with Gasteiger partial charge in [-0.2, -0.15) is 13.2 Å². The Kier molecular flexibility index (Phi) is 6.03. The predicted molar refractivity (Wildman–Crippen MR) is 100 cm³/mol. The molecule has 5 nitrogen and oxygen atoms in total. The zero-order valence-corrected chi connectivity index (χ0v) is 15.6. The Morgan fingerprint density at radius 2 is 1.89 bits per heavy atom. The molecule has 2 aromatic carbocycles. The molecule has 0 saturated heterocycles. The highest BCUT2D eigenvalue weighted by Crippen LogP contribution is 2.37. The average Bonchev–Trinajstić information content (AvgIpc) is 3.09. The van der Waals surface area contributed by atoms with E-state index in [1.165, 1.54) is 12.1 Å². The molecule has 1 amide bonds. The smallest absolute Gasteiger partial charge is 0.403 e. The van der Waals surface area contributed by atoms with Crippen molar-refractivity contribution in [2.24, 2.45) is 0 Å². The average molecular weight is 407 g/mol. The fourth-order valence-electron chi connectivity index (χ4n) is 2.56.